The third-order valence-corrected chi connectivity index (χ3v) is 10.4. The van der Waals surface area contributed by atoms with Gasteiger partial charge in [0, 0.05) is 12.2 Å². The number of carbonyl (C=O) groups excluding carboxylic acids is 1. The van der Waals surface area contributed by atoms with Crippen molar-refractivity contribution in [2.75, 3.05) is 0 Å². The Morgan fingerprint density at radius 2 is 1.91 bits per heavy atom. The van der Waals surface area contributed by atoms with Gasteiger partial charge in [-0.2, -0.15) is 5.26 Å². The van der Waals surface area contributed by atoms with Crippen molar-refractivity contribution >= 4 is 5.91 Å². The maximum absolute atomic E-state index is 12.8. The van der Waals surface area contributed by atoms with Crippen molar-refractivity contribution in [2.24, 2.45) is 40.9 Å². The predicted molar refractivity (Wildman–Crippen MR) is 127 cm³/mol. The average molecular weight is 450 g/mol. The Kier molecular flexibility index (Phi) is 5.80. The molecule has 9 atom stereocenters. The van der Waals surface area contributed by atoms with E-state index in [9.17, 15) is 9.90 Å². The highest BCUT2D eigenvalue weighted by molar-refractivity contribution is 5.92. The first kappa shape index (κ1) is 22.8. The molecule has 1 amide bonds. The summed E-state index contributed by atoms with van der Waals surface area (Å²) in [5.74, 6) is 4.31. The SMILES string of the molecule is C[C@@H](NC(=O)c1ccc(C#N)cn1)[C@H]1CC[C@H]2[C@@H]3CC[C@@H]4C[C@](C)(O)CC[C@@H]4[C@H]3CC[C@]12C. The molecule has 1 aromatic heterocycles. The summed E-state index contributed by atoms with van der Waals surface area (Å²) in [7, 11) is 0. The van der Waals surface area contributed by atoms with Crippen LogP contribution in [0.1, 0.15) is 94.6 Å². The Morgan fingerprint density at radius 1 is 1.12 bits per heavy atom. The molecule has 2 N–H and O–H groups in total. The maximum Gasteiger partial charge on any atom is 0.270 e. The van der Waals surface area contributed by atoms with Crippen LogP contribution >= 0.6 is 0 Å². The Morgan fingerprint density at radius 3 is 2.64 bits per heavy atom. The normalized spacial score (nSPS) is 42.9. The van der Waals surface area contributed by atoms with Crippen LogP contribution in [-0.4, -0.2) is 27.6 Å². The largest absolute Gasteiger partial charge is 0.390 e. The van der Waals surface area contributed by atoms with Crippen molar-refractivity contribution in [1.29, 1.82) is 5.26 Å². The van der Waals surface area contributed by atoms with E-state index in [2.05, 4.69) is 30.2 Å². The van der Waals surface area contributed by atoms with E-state index in [-0.39, 0.29) is 11.9 Å². The number of rotatable bonds is 3. The molecule has 33 heavy (non-hydrogen) atoms. The van der Waals surface area contributed by atoms with Gasteiger partial charge in [-0.15, -0.1) is 0 Å². The Labute approximate surface area is 198 Å². The molecule has 1 aromatic rings. The summed E-state index contributed by atoms with van der Waals surface area (Å²) < 4.78 is 0. The molecule has 178 valence electrons. The van der Waals surface area contributed by atoms with Crippen LogP contribution in [-0.2, 0) is 0 Å². The van der Waals surface area contributed by atoms with E-state index in [0.29, 0.717) is 22.6 Å². The fraction of sp³-hybridized carbons (Fsp3) is 0.750. The second-order valence-corrected chi connectivity index (χ2v) is 12.2. The molecule has 5 rings (SSSR count). The van der Waals surface area contributed by atoms with Crippen LogP contribution in [0.15, 0.2) is 18.3 Å². The van der Waals surface area contributed by atoms with E-state index >= 15 is 0 Å². The summed E-state index contributed by atoms with van der Waals surface area (Å²) in [5, 5.41) is 22.8. The van der Waals surface area contributed by atoms with Gasteiger partial charge in [-0.1, -0.05) is 6.92 Å². The Hall–Kier alpha value is -1.93. The van der Waals surface area contributed by atoms with E-state index in [4.69, 9.17) is 5.26 Å². The molecule has 4 saturated carbocycles. The molecule has 4 aliphatic carbocycles. The van der Waals surface area contributed by atoms with Crippen molar-refractivity contribution in [1.82, 2.24) is 10.3 Å². The summed E-state index contributed by atoms with van der Waals surface area (Å²) in [6.45, 7) is 6.72. The van der Waals surface area contributed by atoms with Crippen molar-refractivity contribution in [3.8, 4) is 6.07 Å². The number of nitrogens with zero attached hydrogens (tertiary/aromatic N) is 2. The molecule has 0 spiro atoms. The smallest absolute Gasteiger partial charge is 0.270 e. The standard InChI is InChI=1S/C28H39N3O2/c1-17(31-26(32)25-9-4-18(15-29)16-30-25)23-7-8-24-22-6-5-19-14-27(2,33)12-10-20(19)21(22)11-13-28(23,24)3/h4,9,16-17,19-24,33H,5-8,10-14H2,1-3H3,(H,31,32)/t17-,19-,20+,21-,22-,23-,24+,27-,28-/m1/s1. The monoisotopic (exact) mass is 449 g/mol. The Bertz CT molecular complexity index is 935. The number of nitrogens with one attached hydrogen (secondary N) is 1. The number of hydrogen-bond donors (Lipinski definition) is 2. The van der Waals surface area contributed by atoms with Gasteiger partial charge in [-0.25, -0.2) is 4.98 Å². The zero-order chi connectivity index (χ0) is 23.4. The van der Waals surface area contributed by atoms with Gasteiger partial charge in [0.15, 0.2) is 0 Å². The van der Waals surface area contributed by atoms with Gasteiger partial charge in [-0.3, -0.25) is 4.79 Å². The first-order valence-corrected chi connectivity index (χ1v) is 13.1. The molecule has 0 aromatic carbocycles. The van der Waals surface area contributed by atoms with Crippen molar-refractivity contribution in [3.05, 3.63) is 29.6 Å². The van der Waals surface area contributed by atoms with Gasteiger partial charge in [-0.05, 0) is 125 Å². The molecule has 1 heterocycles. The topological polar surface area (TPSA) is 86.0 Å². The number of aliphatic hydroxyl groups is 1. The molecular formula is C28H39N3O2. The summed E-state index contributed by atoms with van der Waals surface area (Å²) in [4.78, 5) is 17.0. The van der Waals surface area contributed by atoms with E-state index in [1.54, 1.807) is 12.1 Å². The zero-order valence-electron chi connectivity index (χ0n) is 20.4. The highest BCUT2D eigenvalue weighted by atomic mass is 16.3. The van der Waals surface area contributed by atoms with Gasteiger partial charge in [0.1, 0.15) is 11.8 Å². The first-order chi connectivity index (χ1) is 15.7. The molecule has 0 bridgehead atoms. The van der Waals surface area contributed by atoms with Crippen LogP contribution in [0.3, 0.4) is 0 Å². The first-order valence-electron chi connectivity index (χ1n) is 13.1. The zero-order valence-corrected chi connectivity index (χ0v) is 20.4. The molecule has 0 saturated heterocycles. The van der Waals surface area contributed by atoms with Crippen LogP contribution < -0.4 is 5.32 Å². The quantitative estimate of drug-likeness (QED) is 0.673. The number of aromatic nitrogens is 1. The summed E-state index contributed by atoms with van der Waals surface area (Å²) in [6, 6.07) is 5.46. The number of amides is 1. The lowest BCUT2D eigenvalue weighted by Gasteiger charge is -2.57. The number of fused-ring (bicyclic) bond motifs is 5. The minimum atomic E-state index is -0.451. The number of hydrogen-bond acceptors (Lipinski definition) is 4. The number of nitriles is 1. The van der Waals surface area contributed by atoms with E-state index < -0.39 is 5.60 Å². The van der Waals surface area contributed by atoms with E-state index in [0.717, 1.165) is 42.4 Å². The van der Waals surface area contributed by atoms with Gasteiger partial charge in [0.05, 0.1) is 11.2 Å². The molecule has 0 unspecified atom stereocenters. The predicted octanol–water partition coefficient (Wildman–Crippen LogP) is 5.09. The van der Waals surface area contributed by atoms with Gasteiger partial charge >= 0.3 is 0 Å². The minimum absolute atomic E-state index is 0.114. The lowest BCUT2D eigenvalue weighted by Crippen LogP contribution is -2.52. The summed E-state index contributed by atoms with van der Waals surface area (Å²) in [6.07, 6.45) is 12.3. The minimum Gasteiger partial charge on any atom is -0.390 e. The van der Waals surface area contributed by atoms with Crippen LogP contribution in [0.4, 0.5) is 0 Å². The highest BCUT2D eigenvalue weighted by Crippen LogP contribution is 2.65. The van der Waals surface area contributed by atoms with Gasteiger partial charge in [0.2, 0.25) is 0 Å². The average Bonchev–Trinajstić information content (AvgIpc) is 3.15. The molecule has 4 fully saturated rings. The van der Waals surface area contributed by atoms with Crippen molar-refractivity contribution in [2.45, 2.75) is 90.2 Å². The van der Waals surface area contributed by atoms with Crippen molar-refractivity contribution < 1.29 is 9.90 Å². The van der Waals surface area contributed by atoms with Crippen LogP contribution in [0.2, 0.25) is 0 Å². The van der Waals surface area contributed by atoms with E-state index in [1.165, 1.54) is 51.1 Å². The summed E-state index contributed by atoms with van der Waals surface area (Å²) >= 11 is 0. The molecule has 5 heteroatoms. The fourth-order valence-electron chi connectivity index (χ4n) is 8.92. The van der Waals surface area contributed by atoms with Crippen molar-refractivity contribution in [3.63, 3.8) is 0 Å². The summed E-state index contributed by atoms with van der Waals surface area (Å²) in [5.41, 5.74) is 0.695. The second kappa shape index (κ2) is 8.38. The maximum atomic E-state index is 12.8. The third kappa shape index (κ3) is 3.99. The van der Waals surface area contributed by atoms with E-state index in [1.807, 2.05) is 6.92 Å². The van der Waals surface area contributed by atoms with Gasteiger partial charge in [0.25, 0.3) is 5.91 Å². The molecule has 0 aliphatic heterocycles. The highest BCUT2D eigenvalue weighted by Gasteiger charge is 2.58. The molecule has 0 radical (unpaired) electrons. The molecule has 5 nitrogen and oxygen atoms in total. The molecule has 4 aliphatic rings. The second-order valence-electron chi connectivity index (χ2n) is 12.2. The van der Waals surface area contributed by atoms with Crippen LogP contribution in [0, 0.1) is 52.3 Å². The molecular weight excluding hydrogens is 410 g/mol. The van der Waals surface area contributed by atoms with Gasteiger partial charge < -0.3 is 10.4 Å². The Balaban J connectivity index is 1.27. The lowest BCUT2D eigenvalue weighted by molar-refractivity contribution is -0.101. The van der Waals surface area contributed by atoms with Crippen LogP contribution in [0.5, 0.6) is 0 Å². The number of pyridine rings is 1. The van der Waals surface area contributed by atoms with Crippen LogP contribution in [0.25, 0.3) is 0 Å². The fourth-order valence-corrected chi connectivity index (χ4v) is 8.92. The number of carbonyl (C=O) groups is 1. The lowest BCUT2D eigenvalue weighted by atomic mass is 9.49. The third-order valence-electron chi connectivity index (χ3n) is 10.4.